The Morgan fingerprint density at radius 2 is 2.14 bits per heavy atom. The first-order valence-electron chi connectivity index (χ1n) is 8.19. The first kappa shape index (κ1) is 15.3. The molecule has 3 rings (SSSR count). The number of aromatic nitrogens is 3. The Morgan fingerprint density at radius 1 is 1.33 bits per heavy atom. The summed E-state index contributed by atoms with van der Waals surface area (Å²) in [6, 6.07) is 0. The zero-order valence-corrected chi connectivity index (χ0v) is 13.7. The molecule has 1 aliphatic heterocycles. The van der Waals surface area contributed by atoms with Crippen molar-refractivity contribution in [3.8, 4) is 0 Å². The largest absolute Gasteiger partial charge is 0.375 e. The fourth-order valence-electron chi connectivity index (χ4n) is 3.65. The number of hydrogen-bond acceptors (Lipinski definition) is 5. The topological polar surface area (TPSA) is 66.0 Å². The maximum absolute atomic E-state index is 6.18. The molecule has 21 heavy (non-hydrogen) atoms. The van der Waals surface area contributed by atoms with Crippen LogP contribution >= 0.6 is 11.8 Å². The van der Waals surface area contributed by atoms with Gasteiger partial charge in [0.1, 0.15) is 5.82 Å². The second-order valence-corrected chi connectivity index (χ2v) is 7.44. The first-order chi connectivity index (χ1) is 10.3. The zero-order chi connectivity index (χ0) is 14.7. The molecule has 1 aliphatic carbocycles. The molecule has 2 fully saturated rings. The molecular weight excluding hydrogens is 284 g/mol. The Balaban J connectivity index is 1.68. The van der Waals surface area contributed by atoms with Crippen molar-refractivity contribution < 1.29 is 4.74 Å². The average Bonchev–Trinajstić information content (AvgIpc) is 2.90. The molecule has 2 heterocycles. The number of thioether (sulfide) groups is 1. The summed E-state index contributed by atoms with van der Waals surface area (Å²) in [5, 5.41) is 10.2. The molecule has 1 atom stereocenters. The van der Waals surface area contributed by atoms with Crippen LogP contribution in [0, 0.1) is 0 Å². The summed E-state index contributed by atoms with van der Waals surface area (Å²) in [7, 11) is 0. The average molecular weight is 310 g/mol. The normalized spacial score (nSPS) is 25.3. The second kappa shape index (κ2) is 6.67. The van der Waals surface area contributed by atoms with E-state index in [1.807, 2.05) is 11.8 Å². The van der Waals surface area contributed by atoms with Crippen molar-refractivity contribution in [2.24, 2.45) is 5.73 Å². The SMILES string of the molecule is CCn1c(CN)nnc1SC1CCOC2(CCCCC2)C1. The molecule has 1 aromatic heterocycles. The van der Waals surface area contributed by atoms with Crippen molar-refractivity contribution in [1.82, 2.24) is 14.8 Å². The Bertz CT molecular complexity index is 465. The van der Waals surface area contributed by atoms with E-state index >= 15 is 0 Å². The van der Waals surface area contributed by atoms with Crippen LogP contribution < -0.4 is 5.73 Å². The van der Waals surface area contributed by atoms with E-state index in [1.165, 1.54) is 32.1 Å². The Labute approximate surface area is 131 Å². The third-order valence-electron chi connectivity index (χ3n) is 4.78. The summed E-state index contributed by atoms with van der Waals surface area (Å²) >= 11 is 1.87. The van der Waals surface area contributed by atoms with E-state index < -0.39 is 0 Å². The van der Waals surface area contributed by atoms with Crippen LogP contribution in [-0.4, -0.2) is 32.2 Å². The minimum absolute atomic E-state index is 0.155. The number of hydrogen-bond donors (Lipinski definition) is 1. The zero-order valence-electron chi connectivity index (χ0n) is 12.9. The van der Waals surface area contributed by atoms with Crippen LogP contribution in [0.25, 0.3) is 0 Å². The molecule has 1 saturated heterocycles. The number of ether oxygens (including phenoxy) is 1. The van der Waals surface area contributed by atoms with Gasteiger partial charge in [-0.2, -0.15) is 0 Å². The fourth-order valence-corrected chi connectivity index (χ4v) is 5.00. The van der Waals surface area contributed by atoms with Crippen molar-refractivity contribution in [3.63, 3.8) is 0 Å². The minimum atomic E-state index is 0.155. The number of nitrogens with zero attached hydrogens (tertiary/aromatic N) is 3. The van der Waals surface area contributed by atoms with Crippen LogP contribution in [0.1, 0.15) is 57.7 Å². The summed E-state index contributed by atoms with van der Waals surface area (Å²) in [4.78, 5) is 0. The van der Waals surface area contributed by atoms with Gasteiger partial charge in [0, 0.05) is 18.4 Å². The highest BCUT2D eigenvalue weighted by molar-refractivity contribution is 7.99. The molecule has 5 nitrogen and oxygen atoms in total. The van der Waals surface area contributed by atoms with Gasteiger partial charge in [-0.3, -0.25) is 0 Å². The van der Waals surface area contributed by atoms with Crippen molar-refractivity contribution in [1.29, 1.82) is 0 Å². The lowest BCUT2D eigenvalue weighted by atomic mass is 9.80. The van der Waals surface area contributed by atoms with Crippen LogP contribution in [0.4, 0.5) is 0 Å². The van der Waals surface area contributed by atoms with E-state index in [0.29, 0.717) is 11.8 Å². The van der Waals surface area contributed by atoms with Crippen molar-refractivity contribution >= 4 is 11.8 Å². The molecule has 118 valence electrons. The van der Waals surface area contributed by atoms with Gasteiger partial charge >= 0.3 is 0 Å². The fraction of sp³-hybridized carbons (Fsp3) is 0.867. The maximum atomic E-state index is 6.18. The van der Waals surface area contributed by atoms with Gasteiger partial charge in [0.15, 0.2) is 5.16 Å². The van der Waals surface area contributed by atoms with Gasteiger partial charge < -0.3 is 15.0 Å². The molecule has 6 heteroatoms. The van der Waals surface area contributed by atoms with Crippen LogP contribution in [0.3, 0.4) is 0 Å². The molecule has 1 saturated carbocycles. The highest BCUT2D eigenvalue weighted by atomic mass is 32.2. The third-order valence-corrected chi connectivity index (χ3v) is 6.03. The molecule has 1 aromatic rings. The molecule has 0 amide bonds. The Hall–Kier alpha value is -0.590. The van der Waals surface area contributed by atoms with E-state index in [1.54, 1.807) is 0 Å². The monoisotopic (exact) mass is 310 g/mol. The lowest BCUT2D eigenvalue weighted by Crippen LogP contribution is -2.42. The molecule has 1 spiro atoms. The van der Waals surface area contributed by atoms with E-state index in [9.17, 15) is 0 Å². The van der Waals surface area contributed by atoms with Crippen LogP contribution in [0.2, 0.25) is 0 Å². The molecule has 0 radical (unpaired) electrons. The van der Waals surface area contributed by atoms with Crippen LogP contribution in [-0.2, 0) is 17.8 Å². The summed E-state index contributed by atoms with van der Waals surface area (Å²) in [5.74, 6) is 0.888. The molecular formula is C15H26N4OS. The minimum Gasteiger partial charge on any atom is -0.375 e. The summed E-state index contributed by atoms with van der Waals surface area (Å²) in [6.07, 6.45) is 8.75. The molecule has 0 bridgehead atoms. The van der Waals surface area contributed by atoms with Crippen LogP contribution in [0.5, 0.6) is 0 Å². The number of rotatable bonds is 4. The predicted octanol–water partition coefficient (Wildman–Crippen LogP) is 2.73. The van der Waals surface area contributed by atoms with Crippen molar-refractivity contribution in [3.05, 3.63) is 5.82 Å². The first-order valence-corrected chi connectivity index (χ1v) is 9.07. The van der Waals surface area contributed by atoms with Crippen molar-refractivity contribution in [2.45, 2.75) is 81.0 Å². The molecule has 0 aromatic carbocycles. The molecule has 1 unspecified atom stereocenters. The van der Waals surface area contributed by atoms with Gasteiger partial charge in [-0.15, -0.1) is 10.2 Å². The van der Waals surface area contributed by atoms with Gasteiger partial charge in [-0.25, -0.2) is 0 Å². The van der Waals surface area contributed by atoms with Crippen LogP contribution in [0.15, 0.2) is 5.16 Å². The van der Waals surface area contributed by atoms with Gasteiger partial charge in [0.05, 0.1) is 12.1 Å². The highest BCUT2D eigenvalue weighted by Gasteiger charge is 2.39. The molecule has 2 N–H and O–H groups in total. The molecule has 2 aliphatic rings. The summed E-state index contributed by atoms with van der Waals surface area (Å²) < 4.78 is 8.33. The quantitative estimate of drug-likeness (QED) is 0.926. The van der Waals surface area contributed by atoms with Gasteiger partial charge in [-0.1, -0.05) is 31.0 Å². The van der Waals surface area contributed by atoms with E-state index in [0.717, 1.165) is 37.0 Å². The van der Waals surface area contributed by atoms with E-state index in [2.05, 4.69) is 21.7 Å². The summed E-state index contributed by atoms with van der Waals surface area (Å²) in [5.41, 5.74) is 5.89. The lowest BCUT2D eigenvalue weighted by Gasteiger charge is -2.43. The van der Waals surface area contributed by atoms with E-state index in [4.69, 9.17) is 10.5 Å². The number of nitrogens with two attached hydrogens (primary N) is 1. The van der Waals surface area contributed by atoms with Gasteiger partial charge in [-0.05, 0) is 32.6 Å². The van der Waals surface area contributed by atoms with Gasteiger partial charge in [0.2, 0.25) is 0 Å². The Kier molecular flexibility index (Phi) is 4.86. The second-order valence-electron chi connectivity index (χ2n) is 6.17. The van der Waals surface area contributed by atoms with Crippen molar-refractivity contribution in [2.75, 3.05) is 6.61 Å². The van der Waals surface area contributed by atoms with Gasteiger partial charge in [0.25, 0.3) is 0 Å². The van der Waals surface area contributed by atoms with E-state index in [-0.39, 0.29) is 5.60 Å². The lowest BCUT2D eigenvalue weighted by molar-refractivity contribution is -0.0971. The Morgan fingerprint density at radius 3 is 2.86 bits per heavy atom. The smallest absolute Gasteiger partial charge is 0.191 e. The summed E-state index contributed by atoms with van der Waals surface area (Å²) in [6.45, 7) is 4.36. The third kappa shape index (κ3) is 3.27. The maximum Gasteiger partial charge on any atom is 0.191 e. The standard InChI is InChI=1S/C15H26N4OS/c1-2-19-13(11-16)17-18-14(19)21-12-6-9-20-15(10-12)7-4-3-5-8-15/h12H,2-11,16H2,1H3. The predicted molar refractivity (Wildman–Crippen MR) is 84.2 cm³/mol. The highest BCUT2D eigenvalue weighted by Crippen LogP contribution is 2.43.